The van der Waals surface area contributed by atoms with Crippen LogP contribution in [0.15, 0.2) is 79.1 Å². The zero-order valence-corrected chi connectivity index (χ0v) is 20.6. The topological polar surface area (TPSA) is 104 Å². The minimum absolute atomic E-state index is 0.0673. The van der Waals surface area contributed by atoms with Crippen molar-refractivity contribution < 1.29 is 14.3 Å². The van der Waals surface area contributed by atoms with Gasteiger partial charge in [-0.3, -0.25) is 4.79 Å². The maximum absolute atomic E-state index is 12.6. The molecule has 8 nitrogen and oxygen atoms in total. The highest BCUT2D eigenvalue weighted by molar-refractivity contribution is 6.31. The minimum atomic E-state index is -0.253. The summed E-state index contributed by atoms with van der Waals surface area (Å²) in [5.74, 6) is 1.40. The van der Waals surface area contributed by atoms with Gasteiger partial charge in [0.25, 0.3) is 5.91 Å². The van der Waals surface area contributed by atoms with E-state index in [1.807, 2.05) is 43.3 Å². The van der Waals surface area contributed by atoms with Crippen molar-refractivity contribution in [1.82, 2.24) is 14.5 Å². The number of halogens is 1. The van der Waals surface area contributed by atoms with Gasteiger partial charge in [0.05, 0.1) is 18.4 Å². The third kappa shape index (κ3) is 4.26. The zero-order chi connectivity index (χ0) is 25.5. The average Bonchev–Trinajstić information content (AvgIpc) is 3.43. The molecule has 1 amide bonds. The van der Waals surface area contributed by atoms with Crippen LogP contribution in [0.4, 0.5) is 11.5 Å². The quantitative estimate of drug-likeness (QED) is 0.287. The number of carbonyl (C=O) groups is 1. The third-order valence-corrected chi connectivity index (χ3v) is 6.53. The van der Waals surface area contributed by atoms with Crippen molar-refractivity contribution in [2.24, 2.45) is 0 Å². The van der Waals surface area contributed by atoms with Crippen LogP contribution in [0, 0.1) is 0 Å². The summed E-state index contributed by atoms with van der Waals surface area (Å²) in [5.41, 5.74) is 11.9. The van der Waals surface area contributed by atoms with Crippen LogP contribution in [0.5, 0.6) is 11.5 Å². The van der Waals surface area contributed by atoms with Gasteiger partial charge in [0.1, 0.15) is 28.9 Å². The molecule has 0 spiro atoms. The first-order valence-electron chi connectivity index (χ1n) is 11.7. The van der Waals surface area contributed by atoms with Crippen LogP contribution in [-0.4, -0.2) is 20.4 Å². The molecule has 1 aliphatic heterocycles. The van der Waals surface area contributed by atoms with E-state index in [2.05, 4.69) is 19.9 Å². The Hall–Kier alpha value is -4.40. The van der Waals surface area contributed by atoms with E-state index in [1.54, 1.807) is 36.4 Å². The van der Waals surface area contributed by atoms with E-state index in [9.17, 15) is 4.79 Å². The maximum Gasteiger partial charge on any atom is 0.255 e. The molecule has 0 radical (unpaired) electrons. The van der Waals surface area contributed by atoms with Crippen molar-refractivity contribution in [3.05, 3.63) is 101 Å². The first-order chi connectivity index (χ1) is 18.0. The number of nitrogen functional groups attached to an aromatic ring is 1. The Morgan fingerprint density at radius 2 is 1.89 bits per heavy atom. The summed E-state index contributed by atoms with van der Waals surface area (Å²) in [4.78, 5) is 21.2. The molecule has 5 aromatic rings. The summed E-state index contributed by atoms with van der Waals surface area (Å²) in [5, 5.41) is 3.38. The van der Waals surface area contributed by atoms with Crippen LogP contribution >= 0.6 is 11.6 Å². The largest absolute Gasteiger partial charge is 0.457 e. The minimum Gasteiger partial charge on any atom is -0.457 e. The molecule has 1 aliphatic rings. The van der Waals surface area contributed by atoms with Crippen LogP contribution in [0.1, 0.15) is 34.6 Å². The second-order valence-electron chi connectivity index (χ2n) is 8.69. The molecule has 37 heavy (non-hydrogen) atoms. The van der Waals surface area contributed by atoms with Gasteiger partial charge in [-0.2, -0.15) is 0 Å². The monoisotopic (exact) mass is 511 g/mol. The highest BCUT2D eigenvalue weighted by atomic mass is 35.5. The van der Waals surface area contributed by atoms with E-state index in [1.165, 1.54) is 6.33 Å². The number of amides is 1. The molecule has 0 bridgehead atoms. The van der Waals surface area contributed by atoms with Crippen LogP contribution < -0.4 is 15.8 Å². The zero-order valence-electron chi connectivity index (χ0n) is 19.8. The smallest absolute Gasteiger partial charge is 0.255 e. The van der Waals surface area contributed by atoms with Crippen LogP contribution in [0.2, 0.25) is 5.02 Å². The lowest BCUT2D eigenvalue weighted by molar-refractivity contribution is 0.0783. The third-order valence-electron chi connectivity index (χ3n) is 6.30. The highest BCUT2D eigenvalue weighted by Crippen LogP contribution is 2.41. The number of rotatable bonds is 5. The molecule has 1 atom stereocenters. The van der Waals surface area contributed by atoms with Crippen molar-refractivity contribution in [2.75, 3.05) is 11.1 Å². The lowest BCUT2D eigenvalue weighted by Gasteiger charge is -2.12. The Kier molecular flexibility index (Phi) is 5.75. The number of aromatic nitrogens is 3. The molecule has 6 rings (SSSR count). The number of nitrogens with two attached hydrogens (primary N) is 1. The number of ether oxygens (including phenoxy) is 2. The fourth-order valence-corrected chi connectivity index (χ4v) is 4.80. The average molecular weight is 512 g/mol. The summed E-state index contributed by atoms with van der Waals surface area (Å²) in [7, 11) is 0. The van der Waals surface area contributed by atoms with Gasteiger partial charge in [-0.05, 0) is 61.5 Å². The molecule has 184 valence electrons. The van der Waals surface area contributed by atoms with Crippen molar-refractivity contribution in [3.63, 3.8) is 0 Å². The van der Waals surface area contributed by atoms with Gasteiger partial charge in [-0.15, -0.1) is 0 Å². The lowest BCUT2D eigenvalue weighted by atomic mass is 10.1. The molecule has 1 unspecified atom stereocenters. The molecule has 9 heteroatoms. The van der Waals surface area contributed by atoms with E-state index in [0.29, 0.717) is 40.2 Å². The van der Waals surface area contributed by atoms with Crippen molar-refractivity contribution in [2.45, 2.75) is 19.6 Å². The molecule has 0 fully saturated rings. The van der Waals surface area contributed by atoms with Gasteiger partial charge in [0, 0.05) is 33.6 Å². The van der Waals surface area contributed by atoms with Crippen molar-refractivity contribution in [1.29, 1.82) is 0 Å². The Morgan fingerprint density at radius 3 is 2.70 bits per heavy atom. The van der Waals surface area contributed by atoms with Crippen molar-refractivity contribution >= 4 is 40.0 Å². The first-order valence-corrected chi connectivity index (χ1v) is 12.1. The molecular weight excluding hydrogens is 490 g/mol. The molecule has 0 saturated heterocycles. The molecule has 2 aromatic heterocycles. The molecule has 3 N–H and O–H groups in total. The number of nitrogens with one attached hydrogen (secondary N) is 1. The maximum atomic E-state index is 12.6. The number of benzene rings is 3. The standard InChI is InChI=1S/C28H22ClN5O3/c1-16-24-23(14-36-16)34(26-25(24)31-15-32-27(26)30)20-8-10-21(11-9-20)37-22-7-3-6-19(13-22)33-28(35)17-4-2-5-18(29)12-17/h2-13,15-16H,14H2,1H3,(H,33,35)(H2,30,31,32). The van der Waals surface area contributed by atoms with E-state index >= 15 is 0 Å². The van der Waals surface area contributed by atoms with E-state index in [0.717, 1.165) is 28.0 Å². The first kappa shape index (κ1) is 23.0. The number of hydrogen-bond acceptors (Lipinski definition) is 6. The fourth-order valence-electron chi connectivity index (χ4n) is 4.61. The predicted molar refractivity (Wildman–Crippen MR) is 142 cm³/mol. The number of anilines is 2. The summed E-state index contributed by atoms with van der Waals surface area (Å²) >= 11 is 6.00. The van der Waals surface area contributed by atoms with Gasteiger partial charge in [0.15, 0.2) is 5.82 Å². The van der Waals surface area contributed by atoms with Crippen molar-refractivity contribution in [3.8, 4) is 17.2 Å². The van der Waals surface area contributed by atoms with E-state index in [-0.39, 0.29) is 12.0 Å². The Labute approximate surface area is 217 Å². The summed E-state index contributed by atoms with van der Waals surface area (Å²) in [6.45, 7) is 2.48. The van der Waals surface area contributed by atoms with Crippen LogP contribution in [-0.2, 0) is 11.3 Å². The molecule has 3 heterocycles. The number of nitrogens with zero attached hydrogens (tertiary/aromatic N) is 3. The predicted octanol–water partition coefficient (Wildman–Crippen LogP) is 6.29. The molecule has 3 aromatic carbocycles. The SMILES string of the molecule is CC1OCc2c1c1ncnc(N)c1n2-c1ccc(Oc2cccc(NC(=O)c3cccc(Cl)c3)c2)cc1. The second-order valence-corrected chi connectivity index (χ2v) is 9.13. The summed E-state index contributed by atoms with van der Waals surface area (Å²) < 4.78 is 14.0. The van der Waals surface area contributed by atoms with Gasteiger partial charge in [0.2, 0.25) is 0 Å². The number of hydrogen-bond donors (Lipinski definition) is 2. The van der Waals surface area contributed by atoms with Gasteiger partial charge in [-0.25, -0.2) is 9.97 Å². The molecular formula is C28H22ClN5O3. The van der Waals surface area contributed by atoms with E-state index in [4.69, 9.17) is 26.8 Å². The normalized spacial score (nSPS) is 14.5. The van der Waals surface area contributed by atoms with Gasteiger partial charge < -0.3 is 25.1 Å². The highest BCUT2D eigenvalue weighted by Gasteiger charge is 2.30. The lowest BCUT2D eigenvalue weighted by Crippen LogP contribution is -2.11. The Balaban J connectivity index is 1.25. The summed E-state index contributed by atoms with van der Waals surface area (Å²) in [6.07, 6.45) is 1.41. The van der Waals surface area contributed by atoms with Gasteiger partial charge in [-0.1, -0.05) is 23.7 Å². The fraction of sp³-hybridized carbons (Fsp3) is 0.107. The van der Waals surface area contributed by atoms with Gasteiger partial charge >= 0.3 is 0 Å². The van der Waals surface area contributed by atoms with Crippen LogP contribution in [0.3, 0.4) is 0 Å². The Morgan fingerprint density at radius 1 is 1.08 bits per heavy atom. The number of carbonyl (C=O) groups excluding carboxylic acids is 1. The second kappa shape index (κ2) is 9.24. The van der Waals surface area contributed by atoms with Crippen LogP contribution in [0.25, 0.3) is 16.7 Å². The summed E-state index contributed by atoms with van der Waals surface area (Å²) in [6, 6.07) is 21.7. The molecule has 0 aliphatic carbocycles. The molecule has 0 saturated carbocycles. The van der Waals surface area contributed by atoms with E-state index < -0.39 is 0 Å². The Bertz CT molecular complexity index is 1650. The number of fused-ring (bicyclic) bond motifs is 3.